The summed E-state index contributed by atoms with van der Waals surface area (Å²) in [6, 6.07) is 0. The smallest absolute Gasteiger partial charge is 0.104 e. The highest BCUT2D eigenvalue weighted by Gasteiger charge is 2.26. The third-order valence-corrected chi connectivity index (χ3v) is 5.50. The Balaban J connectivity index is 2.10. The SMILES string of the molecule is CC[CH]C(F)CC(C)[C@H]1CC[C@H](CCCCCCC)CC1. The quantitative estimate of drug-likeness (QED) is 0.356. The summed E-state index contributed by atoms with van der Waals surface area (Å²) in [5.41, 5.74) is 0. The minimum atomic E-state index is -0.679. The van der Waals surface area contributed by atoms with Crippen LogP contribution in [-0.4, -0.2) is 6.17 Å². The van der Waals surface area contributed by atoms with Gasteiger partial charge in [0.05, 0.1) is 0 Å². The molecule has 1 saturated carbocycles. The van der Waals surface area contributed by atoms with E-state index in [0.717, 1.165) is 24.7 Å². The summed E-state index contributed by atoms with van der Waals surface area (Å²) in [7, 11) is 0. The third kappa shape index (κ3) is 8.21. The van der Waals surface area contributed by atoms with E-state index in [0.29, 0.717) is 5.92 Å². The monoisotopic (exact) mass is 297 g/mol. The fraction of sp³-hybridized carbons (Fsp3) is 0.950. The zero-order valence-electron chi connectivity index (χ0n) is 14.7. The molecule has 0 aromatic carbocycles. The van der Waals surface area contributed by atoms with E-state index in [4.69, 9.17) is 0 Å². The average Bonchev–Trinajstić information content (AvgIpc) is 2.48. The van der Waals surface area contributed by atoms with Crippen molar-refractivity contribution in [1.82, 2.24) is 0 Å². The van der Waals surface area contributed by atoms with Crippen molar-refractivity contribution in [3.63, 3.8) is 0 Å². The minimum Gasteiger partial charge on any atom is -0.247 e. The minimum absolute atomic E-state index is 0.563. The van der Waals surface area contributed by atoms with Gasteiger partial charge in [0.25, 0.3) is 0 Å². The maximum absolute atomic E-state index is 13.7. The Labute approximate surface area is 133 Å². The van der Waals surface area contributed by atoms with Crippen LogP contribution in [0.5, 0.6) is 0 Å². The van der Waals surface area contributed by atoms with Gasteiger partial charge >= 0.3 is 0 Å². The largest absolute Gasteiger partial charge is 0.247 e. The maximum Gasteiger partial charge on any atom is 0.104 e. The fourth-order valence-corrected chi connectivity index (χ4v) is 3.98. The van der Waals surface area contributed by atoms with Crippen LogP contribution in [0.15, 0.2) is 0 Å². The fourth-order valence-electron chi connectivity index (χ4n) is 3.98. The third-order valence-electron chi connectivity index (χ3n) is 5.50. The van der Waals surface area contributed by atoms with E-state index in [9.17, 15) is 4.39 Å². The number of hydrogen-bond donors (Lipinski definition) is 0. The molecule has 0 amide bonds. The molecule has 0 saturated heterocycles. The molecular weight excluding hydrogens is 259 g/mol. The van der Waals surface area contributed by atoms with Gasteiger partial charge < -0.3 is 0 Å². The molecule has 2 atom stereocenters. The lowest BCUT2D eigenvalue weighted by molar-refractivity contribution is 0.174. The second-order valence-electron chi connectivity index (χ2n) is 7.36. The highest BCUT2D eigenvalue weighted by Crippen LogP contribution is 2.37. The van der Waals surface area contributed by atoms with Crippen LogP contribution in [0.2, 0.25) is 0 Å². The van der Waals surface area contributed by atoms with Crippen LogP contribution in [0.1, 0.15) is 97.8 Å². The summed E-state index contributed by atoms with van der Waals surface area (Å²) in [5.74, 6) is 2.32. The van der Waals surface area contributed by atoms with Gasteiger partial charge in [0.15, 0.2) is 0 Å². The Morgan fingerprint density at radius 3 is 2.29 bits per heavy atom. The predicted octanol–water partition coefficient (Wildman–Crippen LogP) is 7.13. The average molecular weight is 298 g/mol. The highest BCUT2D eigenvalue weighted by atomic mass is 19.1. The van der Waals surface area contributed by atoms with E-state index in [1.807, 2.05) is 13.3 Å². The summed E-state index contributed by atoms with van der Waals surface area (Å²) in [6.07, 6.45) is 16.7. The molecule has 0 bridgehead atoms. The maximum atomic E-state index is 13.7. The molecule has 1 aliphatic rings. The first-order valence-electron chi connectivity index (χ1n) is 9.64. The first-order chi connectivity index (χ1) is 10.2. The predicted molar refractivity (Wildman–Crippen MR) is 92.1 cm³/mol. The first kappa shape index (κ1) is 19.0. The number of hydrogen-bond acceptors (Lipinski definition) is 0. The van der Waals surface area contributed by atoms with Crippen LogP contribution in [0.25, 0.3) is 0 Å². The topological polar surface area (TPSA) is 0 Å². The molecular formula is C20H38F. The van der Waals surface area contributed by atoms with E-state index in [1.54, 1.807) is 0 Å². The van der Waals surface area contributed by atoms with Gasteiger partial charge in [-0.15, -0.1) is 0 Å². The lowest BCUT2D eigenvalue weighted by atomic mass is 9.73. The Morgan fingerprint density at radius 1 is 1.00 bits per heavy atom. The molecule has 1 heteroatoms. The summed E-state index contributed by atoms with van der Waals surface area (Å²) >= 11 is 0. The first-order valence-corrected chi connectivity index (χ1v) is 9.64. The summed E-state index contributed by atoms with van der Waals surface area (Å²) in [5, 5.41) is 0. The zero-order chi connectivity index (χ0) is 15.5. The van der Waals surface area contributed by atoms with Crippen LogP contribution in [-0.2, 0) is 0 Å². The molecule has 2 unspecified atom stereocenters. The molecule has 0 aromatic heterocycles. The van der Waals surface area contributed by atoms with Crippen LogP contribution in [0.3, 0.4) is 0 Å². The number of unbranched alkanes of at least 4 members (excludes halogenated alkanes) is 4. The van der Waals surface area contributed by atoms with E-state index >= 15 is 0 Å². The van der Waals surface area contributed by atoms with Crippen molar-refractivity contribution < 1.29 is 4.39 Å². The highest BCUT2D eigenvalue weighted by molar-refractivity contribution is 4.81. The van der Waals surface area contributed by atoms with Gasteiger partial charge in [-0.3, -0.25) is 0 Å². The van der Waals surface area contributed by atoms with Crippen LogP contribution < -0.4 is 0 Å². The van der Waals surface area contributed by atoms with Crippen LogP contribution in [0.4, 0.5) is 4.39 Å². The Morgan fingerprint density at radius 2 is 1.67 bits per heavy atom. The standard InChI is InChI=1S/C20H38F/c1-4-6-7-8-9-11-18-12-14-19(15-13-18)17(3)16-20(21)10-5-2/h10,17-20H,4-9,11-16H2,1-3H3/t17?,18-,19-,20?. The van der Waals surface area contributed by atoms with Crippen molar-refractivity contribution in [2.24, 2.45) is 17.8 Å². The summed E-state index contributed by atoms with van der Waals surface area (Å²) < 4.78 is 13.7. The van der Waals surface area contributed by atoms with Crippen LogP contribution in [0, 0.1) is 24.2 Å². The van der Waals surface area contributed by atoms with Crippen molar-refractivity contribution in [1.29, 1.82) is 0 Å². The molecule has 21 heavy (non-hydrogen) atoms. The van der Waals surface area contributed by atoms with Crippen molar-refractivity contribution in [2.45, 2.75) is 104 Å². The lowest BCUT2D eigenvalue weighted by Gasteiger charge is -2.33. The van der Waals surface area contributed by atoms with Crippen molar-refractivity contribution >= 4 is 0 Å². The Kier molecular flexibility index (Phi) is 10.4. The summed E-state index contributed by atoms with van der Waals surface area (Å²) in [4.78, 5) is 0. The van der Waals surface area contributed by atoms with E-state index in [1.165, 1.54) is 64.2 Å². The molecule has 125 valence electrons. The number of alkyl halides is 1. The normalized spacial score (nSPS) is 25.7. The molecule has 0 spiro atoms. The number of halogens is 1. The lowest BCUT2D eigenvalue weighted by Crippen LogP contribution is -2.22. The van der Waals surface area contributed by atoms with Crippen molar-refractivity contribution in [2.75, 3.05) is 0 Å². The molecule has 1 fully saturated rings. The van der Waals surface area contributed by atoms with Gasteiger partial charge in [-0.2, -0.15) is 0 Å². The van der Waals surface area contributed by atoms with Crippen LogP contribution >= 0.6 is 0 Å². The van der Waals surface area contributed by atoms with Gasteiger partial charge in [-0.1, -0.05) is 78.6 Å². The van der Waals surface area contributed by atoms with E-state index in [2.05, 4.69) is 13.8 Å². The van der Waals surface area contributed by atoms with Gasteiger partial charge in [0, 0.05) is 0 Å². The summed E-state index contributed by atoms with van der Waals surface area (Å²) in [6.45, 7) is 6.58. The van der Waals surface area contributed by atoms with E-state index in [-0.39, 0.29) is 0 Å². The van der Waals surface area contributed by atoms with Gasteiger partial charge in [-0.05, 0) is 43.4 Å². The molecule has 1 rings (SSSR count). The molecule has 0 aliphatic heterocycles. The molecule has 0 aromatic rings. The zero-order valence-corrected chi connectivity index (χ0v) is 14.7. The Bertz CT molecular complexity index is 230. The van der Waals surface area contributed by atoms with Crippen molar-refractivity contribution in [3.8, 4) is 0 Å². The van der Waals surface area contributed by atoms with Gasteiger partial charge in [-0.25, -0.2) is 4.39 Å². The molecule has 0 heterocycles. The van der Waals surface area contributed by atoms with E-state index < -0.39 is 6.17 Å². The number of rotatable bonds is 11. The second-order valence-corrected chi connectivity index (χ2v) is 7.36. The second kappa shape index (κ2) is 11.5. The van der Waals surface area contributed by atoms with Crippen molar-refractivity contribution in [3.05, 3.63) is 6.42 Å². The Hall–Kier alpha value is -0.0700. The molecule has 1 aliphatic carbocycles. The van der Waals surface area contributed by atoms with Gasteiger partial charge in [0.2, 0.25) is 0 Å². The molecule has 0 nitrogen and oxygen atoms in total. The molecule has 1 radical (unpaired) electrons. The van der Waals surface area contributed by atoms with Gasteiger partial charge in [0.1, 0.15) is 6.17 Å². The molecule has 0 N–H and O–H groups in total.